The highest BCUT2D eigenvalue weighted by atomic mass is 79.9. The Labute approximate surface area is 91.1 Å². The van der Waals surface area contributed by atoms with Crippen molar-refractivity contribution in [3.8, 4) is 0 Å². The molecule has 76 valence electrons. The third kappa shape index (κ3) is 1.84. The van der Waals surface area contributed by atoms with E-state index in [0.29, 0.717) is 16.3 Å². The summed E-state index contributed by atoms with van der Waals surface area (Å²) in [7, 11) is 0. The lowest BCUT2D eigenvalue weighted by Crippen LogP contribution is -2.01. The first-order chi connectivity index (χ1) is 6.59. The molecule has 1 aliphatic rings. The van der Waals surface area contributed by atoms with Crippen molar-refractivity contribution in [2.75, 3.05) is 0 Å². The molecule has 0 heterocycles. The van der Waals surface area contributed by atoms with Crippen LogP contribution in [0.5, 0.6) is 0 Å². The standard InChI is InChI=1S/C11H12BrFO/c1-6-4-8(6)11(14)7-2-3-10(13)9(12)5-7/h2-3,5-6,8,11,14H,4H2,1H3. The number of hydrogen-bond acceptors (Lipinski definition) is 1. The molecule has 3 unspecified atom stereocenters. The van der Waals surface area contributed by atoms with E-state index in [4.69, 9.17) is 0 Å². The summed E-state index contributed by atoms with van der Waals surface area (Å²) in [6.45, 7) is 2.12. The van der Waals surface area contributed by atoms with Gasteiger partial charge in [-0.15, -0.1) is 0 Å². The Morgan fingerprint density at radius 1 is 1.57 bits per heavy atom. The van der Waals surface area contributed by atoms with E-state index in [1.165, 1.54) is 6.07 Å². The fraction of sp³-hybridized carbons (Fsp3) is 0.455. The van der Waals surface area contributed by atoms with Crippen molar-refractivity contribution in [1.29, 1.82) is 0 Å². The van der Waals surface area contributed by atoms with Crippen LogP contribution in [-0.4, -0.2) is 5.11 Å². The molecule has 0 spiro atoms. The molecule has 0 saturated heterocycles. The van der Waals surface area contributed by atoms with Crippen LogP contribution in [0.15, 0.2) is 22.7 Å². The van der Waals surface area contributed by atoms with E-state index in [0.717, 1.165) is 12.0 Å². The van der Waals surface area contributed by atoms with Crippen molar-refractivity contribution >= 4 is 15.9 Å². The van der Waals surface area contributed by atoms with E-state index in [1.807, 2.05) is 0 Å². The normalized spacial score (nSPS) is 27.4. The Morgan fingerprint density at radius 3 is 2.71 bits per heavy atom. The number of aliphatic hydroxyl groups is 1. The molecule has 2 rings (SSSR count). The van der Waals surface area contributed by atoms with E-state index in [1.54, 1.807) is 12.1 Å². The van der Waals surface area contributed by atoms with Gasteiger partial charge in [-0.3, -0.25) is 0 Å². The molecule has 0 amide bonds. The van der Waals surface area contributed by atoms with Gasteiger partial charge in [0.15, 0.2) is 0 Å². The van der Waals surface area contributed by atoms with Crippen LogP contribution < -0.4 is 0 Å². The molecule has 3 atom stereocenters. The first-order valence-corrected chi connectivity index (χ1v) is 5.52. The molecule has 14 heavy (non-hydrogen) atoms. The van der Waals surface area contributed by atoms with Gasteiger partial charge in [0.1, 0.15) is 5.82 Å². The predicted octanol–water partition coefficient (Wildman–Crippen LogP) is 3.28. The molecule has 3 heteroatoms. The Kier molecular flexibility index (Phi) is 2.62. The molecule has 1 saturated carbocycles. The van der Waals surface area contributed by atoms with Crippen molar-refractivity contribution in [1.82, 2.24) is 0 Å². The maximum absolute atomic E-state index is 12.9. The molecule has 1 aliphatic carbocycles. The average molecular weight is 259 g/mol. The summed E-state index contributed by atoms with van der Waals surface area (Å²) in [5.41, 5.74) is 0.799. The fourth-order valence-corrected chi connectivity index (χ4v) is 2.13. The third-order valence-electron chi connectivity index (χ3n) is 2.86. The van der Waals surface area contributed by atoms with Gasteiger partial charge in [0.2, 0.25) is 0 Å². The molecule has 1 aromatic rings. The zero-order valence-electron chi connectivity index (χ0n) is 7.87. The molecule has 0 radical (unpaired) electrons. The lowest BCUT2D eigenvalue weighted by atomic mass is 10.0. The smallest absolute Gasteiger partial charge is 0.137 e. The number of benzene rings is 1. The van der Waals surface area contributed by atoms with Crippen LogP contribution in [0, 0.1) is 17.7 Å². The lowest BCUT2D eigenvalue weighted by Gasteiger charge is -2.10. The zero-order chi connectivity index (χ0) is 10.3. The second kappa shape index (κ2) is 3.63. The third-order valence-corrected chi connectivity index (χ3v) is 3.47. The highest BCUT2D eigenvalue weighted by Crippen LogP contribution is 2.47. The summed E-state index contributed by atoms with van der Waals surface area (Å²) in [6, 6.07) is 4.69. The Bertz CT molecular complexity index is 353. The van der Waals surface area contributed by atoms with Gasteiger partial charge in [-0.25, -0.2) is 4.39 Å². The van der Waals surface area contributed by atoms with Gasteiger partial charge in [-0.1, -0.05) is 13.0 Å². The quantitative estimate of drug-likeness (QED) is 0.864. The maximum atomic E-state index is 12.9. The molecular formula is C11H12BrFO. The summed E-state index contributed by atoms with van der Waals surface area (Å²) in [4.78, 5) is 0. The molecule has 1 N–H and O–H groups in total. The fourth-order valence-electron chi connectivity index (χ4n) is 1.73. The van der Waals surface area contributed by atoms with Crippen LogP contribution in [0.25, 0.3) is 0 Å². The van der Waals surface area contributed by atoms with Gasteiger partial charge >= 0.3 is 0 Å². The van der Waals surface area contributed by atoms with E-state index < -0.39 is 6.10 Å². The van der Waals surface area contributed by atoms with E-state index >= 15 is 0 Å². The van der Waals surface area contributed by atoms with Crippen molar-refractivity contribution in [3.63, 3.8) is 0 Å². The minimum Gasteiger partial charge on any atom is -0.388 e. The molecule has 1 fully saturated rings. The van der Waals surface area contributed by atoms with Gasteiger partial charge in [0, 0.05) is 0 Å². The number of halogens is 2. The Morgan fingerprint density at radius 2 is 2.21 bits per heavy atom. The molecule has 0 aromatic heterocycles. The van der Waals surface area contributed by atoms with E-state index in [2.05, 4.69) is 22.9 Å². The summed E-state index contributed by atoms with van der Waals surface area (Å²) >= 11 is 3.11. The molecule has 1 aromatic carbocycles. The molecule has 0 aliphatic heterocycles. The van der Waals surface area contributed by atoms with Gasteiger partial charge in [-0.05, 0) is 51.9 Å². The predicted molar refractivity (Wildman–Crippen MR) is 56.3 cm³/mol. The van der Waals surface area contributed by atoms with Gasteiger partial charge in [-0.2, -0.15) is 0 Å². The van der Waals surface area contributed by atoms with Gasteiger partial charge in [0.05, 0.1) is 10.6 Å². The highest BCUT2D eigenvalue weighted by Gasteiger charge is 2.39. The molecule has 0 bridgehead atoms. The van der Waals surface area contributed by atoms with Crippen molar-refractivity contribution in [3.05, 3.63) is 34.1 Å². The highest BCUT2D eigenvalue weighted by molar-refractivity contribution is 9.10. The largest absolute Gasteiger partial charge is 0.388 e. The molecular weight excluding hydrogens is 247 g/mol. The van der Waals surface area contributed by atoms with Crippen LogP contribution in [0.1, 0.15) is 25.0 Å². The lowest BCUT2D eigenvalue weighted by molar-refractivity contribution is 0.148. The van der Waals surface area contributed by atoms with Crippen LogP contribution in [0.2, 0.25) is 0 Å². The van der Waals surface area contributed by atoms with Gasteiger partial charge in [0.25, 0.3) is 0 Å². The van der Waals surface area contributed by atoms with E-state index in [-0.39, 0.29) is 5.82 Å². The van der Waals surface area contributed by atoms with E-state index in [9.17, 15) is 9.50 Å². The first-order valence-electron chi connectivity index (χ1n) is 4.72. The van der Waals surface area contributed by atoms with Crippen LogP contribution in [0.3, 0.4) is 0 Å². The Balaban J connectivity index is 2.20. The number of aliphatic hydroxyl groups excluding tert-OH is 1. The molecule has 1 nitrogen and oxygen atoms in total. The number of rotatable bonds is 2. The second-order valence-corrected chi connectivity index (χ2v) is 4.85. The van der Waals surface area contributed by atoms with Crippen LogP contribution >= 0.6 is 15.9 Å². The Hall–Kier alpha value is -0.410. The van der Waals surface area contributed by atoms with Gasteiger partial charge < -0.3 is 5.11 Å². The van der Waals surface area contributed by atoms with Crippen molar-refractivity contribution < 1.29 is 9.50 Å². The second-order valence-electron chi connectivity index (χ2n) is 4.00. The summed E-state index contributed by atoms with van der Waals surface area (Å²) in [5.74, 6) is 0.658. The maximum Gasteiger partial charge on any atom is 0.137 e. The summed E-state index contributed by atoms with van der Waals surface area (Å²) in [6.07, 6.45) is 0.623. The minimum absolute atomic E-state index is 0.287. The number of hydrogen-bond donors (Lipinski definition) is 1. The summed E-state index contributed by atoms with van der Waals surface area (Å²) < 4.78 is 13.3. The van der Waals surface area contributed by atoms with Crippen LogP contribution in [-0.2, 0) is 0 Å². The van der Waals surface area contributed by atoms with Crippen molar-refractivity contribution in [2.24, 2.45) is 11.8 Å². The SMILES string of the molecule is CC1CC1C(O)c1ccc(F)c(Br)c1. The first kappa shape index (κ1) is 10.1. The topological polar surface area (TPSA) is 20.2 Å². The average Bonchev–Trinajstić information content (AvgIpc) is 2.86. The summed E-state index contributed by atoms with van der Waals surface area (Å²) in [5, 5.41) is 9.90. The van der Waals surface area contributed by atoms with Crippen LogP contribution in [0.4, 0.5) is 4.39 Å². The minimum atomic E-state index is -0.443. The monoisotopic (exact) mass is 258 g/mol. The zero-order valence-corrected chi connectivity index (χ0v) is 9.46. The van der Waals surface area contributed by atoms with Crippen molar-refractivity contribution in [2.45, 2.75) is 19.4 Å².